The van der Waals surface area contributed by atoms with Crippen LogP contribution in [0.5, 0.6) is 5.75 Å². The first-order chi connectivity index (χ1) is 29.2. The van der Waals surface area contributed by atoms with Crippen LogP contribution in [0.25, 0.3) is 75.7 Å². The molecule has 0 saturated heterocycles. The van der Waals surface area contributed by atoms with E-state index in [1.165, 1.54) is 43.2 Å². The topological polar surface area (TPSA) is 46.0 Å². The van der Waals surface area contributed by atoms with Crippen LogP contribution in [0.15, 0.2) is 134 Å². The van der Waals surface area contributed by atoms with E-state index in [2.05, 4.69) is 210 Å². The molecule has 3 nitrogen and oxygen atoms in total. The molecule has 0 aliphatic rings. The Hall–Kier alpha value is -4.85. The maximum atomic E-state index is 12.2. The normalized spacial score (nSPS) is 12.4. The number of pyridine rings is 1. The summed E-state index contributed by atoms with van der Waals surface area (Å²) < 4.78 is 2.15. The second-order valence-corrected chi connectivity index (χ2v) is 23.0. The molecule has 1 N–H and O–H groups in total. The molecule has 0 spiro atoms. The maximum absolute atomic E-state index is 12.2. The van der Waals surface area contributed by atoms with Gasteiger partial charge in [0, 0.05) is 21.1 Å². The Morgan fingerprint density at radius 3 is 1.65 bits per heavy atom. The number of rotatable bonds is 6. The Bertz CT molecular complexity index is 2940. The van der Waals surface area contributed by atoms with Gasteiger partial charge in [-0.3, -0.25) is 0 Å². The molecule has 8 rings (SSSR count). The van der Waals surface area contributed by atoms with Crippen LogP contribution in [0.2, 0.25) is 0 Å². The first kappa shape index (κ1) is 46.1. The first-order valence-electron chi connectivity index (χ1n) is 21.8. The van der Waals surface area contributed by atoms with Gasteiger partial charge in [0.05, 0.1) is 0 Å². The van der Waals surface area contributed by atoms with Crippen molar-refractivity contribution in [1.82, 2.24) is 9.97 Å². The number of aromatic hydroxyl groups is 1. The fraction of sp³-hybridized carbons (Fsp3) is 0.276. The third kappa shape index (κ3) is 9.52. The number of nitrogens with zero attached hydrogens (tertiary/aromatic N) is 2. The van der Waals surface area contributed by atoms with Gasteiger partial charge >= 0.3 is 372 Å². The predicted octanol–water partition coefficient (Wildman–Crippen LogP) is 15.4. The van der Waals surface area contributed by atoms with Crippen molar-refractivity contribution in [3.8, 4) is 71.6 Å². The van der Waals surface area contributed by atoms with Crippen molar-refractivity contribution in [3.05, 3.63) is 162 Å². The van der Waals surface area contributed by atoms with E-state index in [-0.39, 0.29) is 57.2 Å². The molecule has 0 radical (unpaired) electrons. The Kier molecular flexibility index (Phi) is 12.6. The van der Waals surface area contributed by atoms with Crippen molar-refractivity contribution < 1.29 is 26.2 Å². The van der Waals surface area contributed by atoms with Crippen molar-refractivity contribution in [2.24, 2.45) is 0 Å². The van der Waals surface area contributed by atoms with E-state index < -0.39 is 0 Å². The molecule has 324 valence electrons. The van der Waals surface area contributed by atoms with E-state index in [0.717, 1.165) is 54.7 Å². The van der Waals surface area contributed by atoms with Crippen molar-refractivity contribution >= 4 is 24.3 Å². The monoisotopic (exact) mass is 1070 g/mol. The fourth-order valence-electron chi connectivity index (χ4n) is 8.13. The van der Waals surface area contributed by atoms with Gasteiger partial charge in [0.2, 0.25) is 0 Å². The molecule has 0 fully saturated rings. The van der Waals surface area contributed by atoms with E-state index in [9.17, 15) is 5.11 Å². The fourth-order valence-corrected chi connectivity index (χ4v) is 10.5. The Labute approximate surface area is 396 Å². The average molecular weight is 1070 g/mol. The van der Waals surface area contributed by atoms with Crippen LogP contribution in [0, 0.1) is 6.07 Å². The first-order valence-corrected chi connectivity index (χ1v) is 23.5. The van der Waals surface area contributed by atoms with E-state index in [1.54, 1.807) is 0 Å². The van der Waals surface area contributed by atoms with Crippen LogP contribution in [0.3, 0.4) is 0 Å². The summed E-state index contributed by atoms with van der Waals surface area (Å²) >= 11 is -0.240. The summed E-state index contributed by atoms with van der Waals surface area (Å²) in [5.41, 5.74) is 16.7. The zero-order chi connectivity index (χ0) is 44.4. The molecule has 0 aliphatic heterocycles. The molecule has 0 atom stereocenters. The molecule has 8 aromatic rings. The summed E-state index contributed by atoms with van der Waals surface area (Å²) in [5, 5.41) is 12.2. The van der Waals surface area contributed by atoms with Crippen LogP contribution < -0.4 is 0 Å². The molecule has 63 heavy (non-hydrogen) atoms. The number of phenols is 1. The third-order valence-electron chi connectivity index (χ3n) is 12.0. The standard InChI is InChI=1S/C58H59N2OSe.Pt/c1-55(2,3)41-23-24-45(47(33-41)37-21-17-14-18-22-37)46-26-25-44(51-53(46)62-54(60-51)48-34-43(57(7,8)9)35-49(52(48)61)58(10,11)12)39-29-40(31-42(30-39)56(4,5)6)50-32-38(27-28-59-50)36-19-15-13-16-20-36;/h13-28,30-35,61H,1-12H3;/q-1;. The average Bonchev–Trinajstić information content (AvgIpc) is 3.68. The molecule has 0 bridgehead atoms. The van der Waals surface area contributed by atoms with Gasteiger partial charge in [0.25, 0.3) is 0 Å². The van der Waals surface area contributed by atoms with Gasteiger partial charge in [-0.25, -0.2) is 0 Å². The van der Waals surface area contributed by atoms with Crippen LogP contribution in [0.1, 0.15) is 105 Å². The van der Waals surface area contributed by atoms with Crippen molar-refractivity contribution in [3.63, 3.8) is 0 Å². The van der Waals surface area contributed by atoms with E-state index >= 15 is 0 Å². The predicted molar refractivity (Wildman–Crippen MR) is 264 cm³/mol. The van der Waals surface area contributed by atoms with Gasteiger partial charge in [0.1, 0.15) is 0 Å². The molecular weight excluding hydrogens is 1010 g/mol. The van der Waals surface area contributed by atoms with E-state index in [1.807, 2.05) is 12.3 Å². The maximum Gasteiger partial charge on any atom is 0 e. The summed E-state index contributed by atoms with van der Waals surface area (Å²) in [7, 11) is 0. The largest absolute Gasteiger partial charge is 0 e. The van der Waals surface area contributed by atoms with Crippen LogP contribution in [-0.4, -0.2) is 29.6 Å². The number of benzene rings is 6. The molecule has 2 heterocycles. The molecule has 0 aliphatic carbocycles. The van der Waals surface area contributed by atoms with Crippen molar-refractivity contribution in [2.75, 3.05) is 0 Å². The SMILES string of the molecule is CC(C)(C)c1cc(-c2cc(-c3ccccc3)ccn2)[c-]c(-c2ccc(-c3ccc(C(C)(C)C)cc3-c3ccccc3)c3[se]c(-c4cc(C(C)(C)C)cc(C(C)(C)C)c4O)nc23)c1.[Pt]. The second-order valence-electron chi connectivity index (χ2n) is 20.9. The van der Waals surface area contributed by atoms with Gasteiger partial charge in [-0.2, -0.15) is 0 Å². The number of hydrogen-bond acceptors (Lipinski definition) is 3. The number of hydrogen-bond donors (Lipinski definition) is 1. The molecule has 6 aromatic carbocycles. The Morgan fingerprint density at radius 1 is 0.476 bits per heavy atom. The van der Waals surface area contributed by atoms with Crippen LogP contribution >= 0.6 is 0 Å². The minimum Gasteiger partial charge on any atom is 0 e. The van der Waals surface area contributed by atoms with Gasteiger partial charge < -0.3 is 0 Å². The molecule has 0 saturated carbocycles. The van der Waals surface area contributed by atoms with Gasteiger partial charge in [-0.15, -0.1) is 0 Å². The summed E-state index contributed by atoms with van der Waals surface area (Å²) in [5.74, 6) is 0.328. The third-order valence-corrected chi connectivity index (χ3v) is 14.3. The number of phenolic OH excluding ortho intramolecular Hbond substituents is 1. The zero-order valence-electron chi connectivity index (χ0n) is 38.8. The summed E-state index contributed by atoms with van der Waals surface area (Å²) in [4.78, 5) is 10.6. The minimum atomic E-state index is -0.264. The summed E-state index contributed by atoms with van der Waals surface area (Å²) in [6, 6.07) is 49.9. The van der Waals surface area contributed by atoms with Gasteiger partial charge in [-0.05, 0) is 0 Å². The number of aromatic nitrogens is 2. The van der Waals surface area contributed by atoms with E-state index in [4.69, 9.17) is 9.97 Å². The molecule has 2 aromatic heterocycles. The van der Waals surface area contributed by atoms with E-state index in [0.29, 0.717) is 5.75 Å². The summed E-state index contributed by atoms with van der Waals surface area (Å²) in [6.07, 6.45) is 1.90. The molecule has 5 heteroatoms. The van der Waals surface area contributed by atoms with Crippen molar-refractivity contribution in [2.45, 2.75) is 105 Å². The smallest absolute Gasteiger partial charge is 0 e. The zero-order valence-corrected chi connectivity index (χ0v) is 42.8. The second kappa shape index (κ2) is 17.3. The molecular formula is C58H59N2OPtSe-. The van der Waals surface area contributed by atoms with Gasteiger partial charge in [0.15, 0.2) is 0 Å². The minimum absolute atomic E-state index is 0. The quantitative estimate of drug-likeness (QED) is 0.133. The Morgan fingerprint density at radius 2 is 1.03 bits per heavy atom. The summed E-state index contributed by atoms with van der Waals surface area (Å²) in [6.45, 7) is 26.9. The van der Waals surface area contributed by atoms with Crippen LogP contribution in [-0.2, 0) is 42.7 Å². The molecule has 0 unspecified atom stereocenters. The van der Waals surface area contributed by atoms with Crippen molar-refractivity contribution in [1.29, 1.82) is 0 Å². The Balaban J connectivity index is 0.00000595. The van der Waals surface area contributed by atoms with Gasteiger partial charge in [-0.1, -0.05) is 6.07 Å². The van der Waals surface area contributed by atoms with Crippen LogP contribution in [0.4, 0.5) is 0 Å². The molecule has 0 amide bonds. The number of fused-ring (bicyclic) bond motifs is 1.